The normalized spacial score (nSPS) is 20.7. The highest BCUT2D eigenvalue weighted by atomic mass is 79.9. The van der Waals surface area contributed by atoms with Gasteiger partial charge in [0.05, 0.1) is 11.3 Å². The van der Waals surface area contributed by atoms with E-state index in [-0.39, 0.29) is 18.2 Å². The van der Waals surface area contributed by atoms with Crippen LogP contribution in [0.3, 0.4) is 0 Å². The number of hydrogen-bond acceptors (Lipinski definition) is 4. The first-order valence-electron chi connectivity index (χ1n) is 7.72. The Kier molecular flexibility index (Phi) is 5.53. The summed E-state index contributed by atoms with van der Waals surface area (Å²) >= 11 is 3.42. The predicted octanol–water partition coefficient (Wildman–Crippen LogP) is 4.18. The third kappa shape index (κ3) is 5.43. The van der Waals surface area contributed by atoms with E-state index >= 15 is 0 Å². The van der Waals surface area contributed by atoms with E-state index in [9.17, 15) is 10.1 Å². The summed E-state index contributed by atoms with van der Waals surface area (Å²) in [5.74, 6) is 0. The number of nitriles is 1. The Morgan fingerprint density at radius 3 is 2.70 bits per heavy atom. The van der Waals surface area contributed by atoms with E-state index in [0.717, 1.165) is 29.4 Å². The first kappa shape index (κ1) is 17.6. The highest BCUT2D eigenvalue weighted by molar-refractivity contribution is 9.10. The van der Waals surface area contributed by atoms with Crippen LogP contribution in [0.1, 0.15) is 45.6 Å². The zero-order chi connectivity index (χ0) is 17.0. The Hall–Kier alpha value is -1.74. The van der Waals surface area contributed by atoms with Crippen LogP contribution in [-0.2, 0) is 4.74 Å². The fourth-order valence-corrected chi connectivity index (χ4v) is 3.03. The lowest BCUT2D eigenvalue weighted by Gasteiger charge is -2.22. The minimum absolute atomic E-state index is 0.0973. The average molecular weight is 380 g/mol. The number of carbonyl (C=O) groups is 1. The number of hydrogen-bond donors (Lipinski definition) is 2. The van der Waals surface area contributed by atoms with E-state index in [1.807, 2.05) is 32.9 Å². The van der Waals surface area contributed by atoms with E-state index in [2.05, 4.69) is 32.6 Å². The Balaban J connectivity index is 1.90. The summed E-state index contributed by atoms with van der Waals surface area (Å²) in [7, 11) is 0. The molecule has 0 aliphatic heterocycles. The molecule has 124 valence electrons. The molecule has 1 aromatic rings. The van der Waals surface area contributed by atoms with Crippen molar-refractivity contribution in [3.63, 3.8) is 0 Å². The number of amides is 1. The summed E-state index contributed by atoms with van der Waals surface area (Å²) in [4.78, 5) is 11.8. The van der Waals surface area contributed by atoms with Crippen molar-refractivity contribution in [1.29, 1.82) is 5.26 Å². The molecule has 2 unspecified atom stereocenters. The van der Waals surface area contributed by atoms with Gasteiger partial charge in [0, 0.05) is 16.6 Å². The number of alkyl carbamates (subject to hydrolysis) is 1. The molecule has 1 aliphatic rings. The first-order chi connectivity index (χ1) is 10.8. The molecule has 0 saturated heterocycles. The van der Waals surface area contributed by atoms with Crippen molar-refractivity contribution in [2.24, 2.45) is 0 Å². The number of rotatable bonds is 3. The second-order valence-corrected chi connectivity index (χ2v) is 7.71. The van der Waals surface area contributed by atoms with Crippen LogP contribution in [0.2, 0.25) is 0 Å². The smallest absolute Gasteiger partial charge is 0.407 e. The molecule has 1 saturated carbocycles. The van der Waals surface area contributed by atoms with Crippen molar-refractivity contribution < 1.29 is 9.53 Å². The highest BCUT2D eigenvalue weighted by Gasteiger charge is 2.28. The average Bonchev–Trinajstić information content (AvgIpc) is 2.84. The minimum atomic E-state index is -0.488. The van der Waals surface area contributed by atoms with Crippen molar-refractivity contribution in [3.8, 4) is 6.07 Å². The summed E-state index contributed by atoms with van der Waals surface area (Å²) in [5.41, 5.74) is 0.958. The van der Waals surface area contributed by atoms with Crippen molar-refractivity contribution in [3.05, 3.63) is 28.2 Å². The largest absolute Gasteiger partial charge is 0.444 e. The lowest BCUT2D eigenvalue weighted by molar-refractivity contribution is 0.0505. The summed E-state index contributed by atoms with van der Waals surface area (Å²) in [6.45, 7) is 5.55. The van der Waals surface area contributed by atoms with Crippen LogP contribution in [0, 0.1) is 11.3 Å². The van der Waals surface area contributed by atoms with Crippen LogP contribution in [0.25, 0.3) is 0 Å². The van der Waals surface area contributed by atoms with Gasteiger partial charge in [-0.25, -0.2) is 4.79 Å². The maximum Gasteiger partial charge on any atom is 0.407 e. The van der Waals surface area contributed by atoms with Gasteiger partial charge in [0.25, 0.3) is 0 Å². The van der Waals surface area contributed by atoms with Crippen molar-refractivity contribution in [2.45, 2.75) is 57.7 Å². The molecule has 1 amide bonds. The van der Waals surface area contributed by atoms with E-state index in [4.69, 9.17) is 4.74 Å². The zero-order valence-electron chi connectivity index (χ0n) is 13.6. The molecule has 5 nitrogen and oxygen atoms in total. The molecule has 1 aromatic carbocycles. The fourth-order valence-electron chi connectivity index (χ4n) is 2.67. The molecular weight excluding hydrogens is 358 g/mol. The Labute approximate surface area is 145 Å². The quantitative estimate of drug-likeness (QED) is 0.825. The third-order valence-corrected chi connectivity index (χ3v) is 4.11. The van der Waals surface area contributed by atoms with Crippen LogP contribution < -0.4 is 10.6 Å². The summed E-state index contributed by atoms with van der Waals surface area (Å²) in [6.07, 6.45) is 2.28. The summed E-state index contributed by atoms with van der Waals surface area (Å²) in [5, 5.41) is 15.5. The molecule has 0 bridgehead atoms. The van der Waals surface area contributed by atoms with E-state index in [1.165, 1.54) is 0 Å². The van der Waals surface area contributed by atoms with Crippen LogP contribution in [0.4, 0.5) is 10.5 Å². The Morgan fingerprint density at radius 1 is 1.35 bits per heavy atom. The van der Waals surface area contributed by atoms with Crippen LogP contribution in [0.5, 0.6) is 0 Å². The van der Waals surface area contributed by atoms with Crippen molar-refractivity contribution in [2.75, 3.05) is 5.32 Å². The van der Waals surface area contributed by atoms with E-state index in [0.29, 0.717) is 5.56 Å². The van der Waals surface area contributed by atoms with Gasteiger partial charge in [-0.05, 0) is 58.2 Å². The number of ether oxygens (including phenoxy) is 1. The van der Waals surface area contributed by atoms with Gasteiger partial charge < -0.3 is 15.4 Å². The zero-order valence-corrected chi connectivity index (χ0v) is 15.2. The number of nitrogens with zero attached hydrogens (tertiary/aromatic N) is 1. The van der Waals surface area contributed by atoms with Gasteiger partial charge in [-0.3, -0.25) is 0 Å². The van der Waals surface area contributed by atoms with Gasteiger partial charge in [0.15, 0.2) is 0 Å². The number of nitrogens with one attached hydrogen (secondary N) is 2. The molecule has 2 N–H and O–H groups in total. The number of anilines is 1. The summed E-state index contributed by atoms with van der Waals surface area (Å²) < 4.78 is 6.22. The standard InChI is InChI=1S/C17H22BrN3O2/c1-17(2,3)23-16(22)21-14-7-6-13(9-14)20-15-8-12(18)5-4-11(15)10-19/h4-5,8,13-14,20H,6-7,9H2,1-3H3,(H,21,22). The van der Waals surface area contributed by atoms with Gasteiger partial charge in [-0.1, -0.05) is 15.9 Å². The van der Waals surface area contributed by atoms with Gasteiger partial charge in [0.2, 0.25) is 0 Å². The maximum atomic E-state index is 11.8. The first-order valence-corrected chi connectivity index (χ1v) is 8.52. The Morgan fingerprint density at radius 2 is 2.04 bits per heavy atom. The topological polar surface area (TPSA) is 74.2 Å². The highest BCUT2D eigenvalue weighted by Crippen LogP contribution is 2.27. The van der Waals surface area contributed by atoms with E-state index < -0.39 is 5.60 Å². The monoisotopic (exact) mass is 379 g/mol. The van der Waals surface area contributed by atoms with Gasteiger partial charge >= 0.3 is 6.09 Å². The molecule has 23 heavy (non-hydrogen) atoms. The number of halogens is 1. The molecule has 6 heteroatoms. The third-order valence-electron chi connectivity index (χ3n) is 3.62. The van der Waals surface area contributed by atoms with Crippen LogP contribution in [0.15, 0.2) is 22.7 Å². The van der Waals surface area contributed by atoms with Crippen LogP contribution in [-0.4, -0.2) is 23.8 Å². The fraction of sp³-hybridized carbons (Fsp3) is 0.529. The molecule has 0 radical (unpaired) electrons. The molecule has 1 fully saturated rings. The molecular formula is C17H22BrN3O2. The molecule has 0 aromatic heterocycles. The Bertz CT molecular complexity index is 619. The lowest BCUT2D eigenvalue weighted by atomic mass is 10.1. The van der Waals surface area contributed by atoms with E-state index in [1.54, 1.807) is 6.07 Å². The molecule has 1 aliphatic carbocycles. The lowest BCUT2D eigenvalue weighted by Crippen LogP contribution is -2.38. The summed E-state index contributed by atoms with van der Waals surface area (Å²) in [6, 6.07) is 8.07. The molecule has 0 spiro atoms. The molecule has 0 heterocycles. The maximum absolute atomic E-state index is 11.8. The minimum Gasteiger partial charge on any atom is -0.444 e. The SMILES string of the molecule is CC(C)(C)OC(=O)NC1CCC(Nc2cc(Br)ccc2C#N)C1. The van der Waals surface area contributed by atoms with Gasteiger partial charge in [-0.2, -0.15) is 5.26 Å². The van der Waals surface area contributed by atoms with Crippen molar-refractivity contribution in [1.82, 2.24) is 5.32 Å². The molecule has 2 rings (SSSR count). The number of carbonyl (C=O) groups excluding carboxylic acids is 1. The predicted molar refractivity (Wildman–Crippen MR) is 93.3 cm³/mol. The van der Waals surface area contributed by atoms with Crippen LogP contribution >= 0.6 is 15.9 Å². The van der Waals surface area contributed by atoms with Gasteiger partial charge in [0.1, 0.15) is 11.7 Å². The molecule has 2 atom stereocenters. The van der Waals surface area contributed by atoms with Gasteiger partial charge in [-0.15, -0.1) is 0 Å². The second-order valence-electron chi connectivity index (χ2n) is 6.80. The number of benzene rings is 1. The van der Waals surface area contributed by atoms with Crippen molar-refractivity contribution >= 4 is 27.7 Å². The second kappa shape index (κ2) is 7.22.